The van der Waals surface area contributed by atoms with Crippen molar-refractivity contribution in [2.75, 3.05) is 0 Å². The van der Waals surface area contributed by atoms with Crippen molar-refractivity contribution >= 4 is 11.8 Å². The maximum absolute atomic E-state index is 12.7. The number of carbonyl (C=O) groups is 2. The molecule has 29 heavy (non-hydrogen) atoms. The summed E-state index contributed by atoms with van der Waals surface area (Å²) >= 11 is 0. The highest BCUT2D eigenvalue weighted by Gasteiger charge is 2.59. The maximum Gasteiger partial charge on any atom is 0.338 e. The lowest BCUT2D eigenvalue weighted by Crippen LogP contribution is -2.51. The van der Waals surface area contributed by atoms with Gasteiger partial charge in [0.15, 0.2) is 5.78 Å². The third-order valence-corrected chi connectivity index (χ3v) is 9.13. The van der Waals surface area contributed by atoms with E-state index >= 15 is 0 Å². The molecule has 0 heterocycles. The Bertz CT molecular complexity index is 856. The Kier molecular flexibility index (Phi) is 4.49. The summed E-state index contributed by atoms with van der Waals surface area (Å²) in [5, 5.41) is 0. The zero-order valence-corrected chi connectivity index (χ0v) is 17.7. The number of ether oxygens (including phenoxy) is 1. The highest BCUT2D eigenvalue weighted by Crippen LogP contribution is 2.65. The van der Waals surface area contributed by atoms with Crippen LogP contribution in [-0.4, -0.2) is 17.9 Å². The summed E-state index contributed by atoms with van der Waals surface area (Å²) in [7, 11) is 0. The molecule has 0 amide bonds. The molecule has 0 unspecified atom stereocenters. The van der Waals surface area contributed by atoms with Crippen LogP contribution >= 0.6 is 0 Å². The van der Waals surface area contributed by atoms with E-state index in [-0.39, 0.29) is 22.9 Å². The summed E-state index contributed by atoms with van der Waals surface area (Å²) in [6.45, 7) is 4.80. The number of hydrogen-bond acceptors (Lipinski definition) is 3. The molecule has 4 aliphatic carbocycles. The minimum absolute atomic E-state index is 0.0267. The molecule has 0 radical (unpaired) electrons. The van der Waals surface area contributed by atoms with Gasteiger partial charge in [0, 0.05) is 11.8 Å². The third kappa shape index (κ3) is 2.92. The van der Waals surface area contributed by atoms with Gasteiger partial charge in [0.2, 0.25) is 0 Å². The first-order valence-electron chi connectivity index (χ1n) is 11.4. The van der Waals surface area contributed by atoms with Gasteiger partial charge in [-0.15, -0.1) is 0 Å². The Hall–Kier alpha value is -1.90. The molecule has 5 rings (SSSR count). The fraction of sp³-hybridized carbons (Fsp3) is 0.615. The van der Waals surface area contributed by atoms with Gasteiger partial charge in [0.1, 0.15) is 6.10 Å². The molecule has 0 saturated heterocycles. The monoisotopic (exact) mass is 392 g/mol. The molecule has 0 aliphatic heterocycles. The van der Waals surface area contributed by atoms with E-state index in [1.54, 1.807) is 0 Å². The second-order valence-electron chi connectivity index (χ2n) is 10.4. The first kappa shape index (κ1) is 19.1. The highest BCUT2D eigenvalue weighted by molar-refractivity contribution is 5.91. The predicted molar refractivity (Wildman–Crippen MR) is 112 cm³/mol. The number of fused-ring (bicyclic) bond motifs is 5. The van der Waals surface area contributed by atoms with Crippen LogP contribution in [0.25, 0.3) is 0 Å². The molecule has 0 aromatic heterocycles. The number of ketones is 1. The number of allylic oxidation sites excluding steroid dienone is 1. The molecule has 3 nitrogen and oxygen atoms in total. The van der Waals surface area contributed by atoms with Gasteiger partial charge < -0.3 is 4.74 Å². The SMILES string of the molecule is C[C@@]12CC[C@@H]3[C@H](CCC4=CC(=O)CC[C@@]43C)[C@H]1CC[C@H]2OC(=O)c1ccccc1. The number of carbonyl (C=O) groups excluding carboxylic acids is 2. The Balaban J connectivity index is 1.37. The molecule has 6 atom stereocenters. The van der Waals surface area contributed by atoms with Gasteiger partial charge in [-0.3, -0.25) is 4.79 Å². The van der Waals surface area contributed by atoms with Crippen molar-refractivity contribution in [1.29, 1.82) is 0 Å². The molecule has 3 fully saturated rings. The standard InChI is InChI=1S/C26H32O3/c1-25-14-12-19(27)16-18(25)8-9-20-21-10-11-23(26(21,2)15-13-22(20)25)29-24(28)17-6-4-3-5-7-17/h3-7,16,20-23H,8-15H2,1-2H3/t20-,21-,22-,23-,25+,26-/m1/s1. The summed E-state index contributed by atoms with van der Waals surface area (Å²) < 4.78 is 6.10. The molecule has 4 aliphatic rings. The van der Waals surface area contributed by atoms with Crippen LogP contribution in [0.4, 0.5) is 0 Å². The van der Waals surface area contributed by atoms with Crippen LogP contribution in [0.15, 0.2) is 42.0 Å². The lowest BCUT2D eigenvalue weighted by molar-refractivity contribution is -0.118. The fourth-order valence-electron chi connectivity index (χ4n) is 7.48. The highest BCUT2D eigenvalue weighted by atomic mass is 16.5. The summed E-state index contributed by atoms with van der Waals surface area (Å²) in [6, 6.07) is 9.39. The molecule has 0 spiro atoms. The number of benzene rings is 1. The van der Waals surface area contributed by atoms with E-state index < -0.39 is 0 Å². The molecule has 0 bridgehead atoms. The van der Waals surface area contributed by atoms with Gasteiger partial charge in [-0.05, 0) is 86.3 Å². The smallest absolute Gasteiger partial charge is 0.338 e. The average Bonchev–Trinajstić information content (AvgIpc) is 3.05. The Labute approximate surface area is 173 Å². The van der Waals surface area contributed by atoms with Crippen molar-refractivity contribution < 1.29 is 14.3 Å². The third-order valence-electron chi connectivity index (χ3n) is 9.13. The van der Waals surface area contributed by atoms with E-state index in [4.69, 9.17) is 4.74 Å². The van der Waals surface area contributed by atoms with Crippen LogP contribution < -0.4 is 0 Å². The fourth-order valence-corrected chi connectivity index (χ4v) is 7.48. The Morgan fingerprint density at radius 1 is 0.966 bits per heavy atom. The number of rotatable bonds is 2. The topological polar surface area (TPSA) is 43.4 Å². The first-order chi connectivity index (χ1) is 13.9. The van der Waals surface area contributed by atoms with Gasteiger partial charge in [-0.25, -0.2) is 4.79 Å². The minimum Gasteiger partial charge on any atom is -0.458 e. The van der Waals surface area contributed by atoms with Crippen molar-refractivity contribution in [3.8, 4) is 0 Å². The van der Waals surface area contributed by atoms with Crippen LogP contribution in [-0.2, 0) is 9.53 Å². The molecule has 1 aromatic carbocycles. The van der Waals surface area contributed by atoms with Crippen molar-refractivity contribution in [3.63, 3.8) is 0 Å². The maximum atomic E-state index is 12.7. The zero-order valence-electron chi connectivity index (χ0n) is 17.7. The van der Waals surface area contributed by atoms with Gasteiger partial charge >= 0.3 is 5.97 Å². The van der Waals surface area contributed by atoms with Crippen molar-refractivity contribution in [3.05, 3.63) is 47.5 Å². The van der Waals surface area contributed by atoms with E-state index in [0.29, 0.717) is 35.5 Å². The largest absolute Gasteiger partial charge is 0.458 e. The van der Waals surface area contributed by atoms with Crippen molar-refractivity contribution in [1.82, 2.24) is 0 Å². The van der Waals surface area contributed by atoms with Gasteiger partial charge in [-0.2, -0.15) is 0 Å². The molecule has 154 valence electrons. The minimum atomic E-state index is -0.175. The van der Waals surface area contributed by atoms with E-state index in [0.717, 1.165) is 25.7 Å². The molecule has 3 heteroatoms. The van der Waals surface area contributed by atoms with E-state index in [1.165, 1.54) is 24.8 Å². The van der Waals surface area contributed by atoms with E-state index in [1.807, 2.05) is 36.4 Å². The van der Waals surface area contributed by atoms with Crippen molar-refractivity contribution in [2.24, 2.45) is 28.6 Å². The summed E-state index contributed by atoms with van der Waals surface area (Å²) in [6.07, 6.45) is 10.5. The average molecular weight is 393 g/mol. The summed E-state index contributed by atoms with van der Waals surface area (Å²) in [5.74, 6) is 2.16. The van der Waals surface area contributed by atoms with Crippen molar-refractivity contribution in [2.45, 2.75) is 71.3 Å². The van der Waals surface area contributed by atoms with Crippen LogP contribution in [0, 0.1) is 28.6 Å². The second kappa shape index (κ2) is 6.82. The first-order valence-corrected chi connectivity index (χ1v) is 11.4. The van der Waals surface area contributed by atoms with Crippen LogP contribution in [0.1, 0.15) is 75.6 Å². The number of hydrogen-bond donors (Lipinski definition) is 0. The molecular weight excluding hydrogens is 360 g/mol. The zero-order chi connectivity index (χ0) is 20.2. The van der Waals surface area contributed by atoms with Crippen LogP contribution in [0.2, 0.25) is 0 Å². The second-order valence-corrected chi connectivity index (χ2v) is 10.4. The summed E-state index contributed by atoms with van der Waals surface area (Å²) in [4.78, 5) is 24.7. The predicted octanol–water partition coefficient (Wildman–Crippen LogP) is 5.74. The van der Waals surface area contributed by atoms with Gasteiger partial charge in [-0.1, -0.05) is 37.6 Å². The van der Waals surface area contributed by atoms with Crippen LogP contribution in [0.5, 0.6) is 0 Å². The number of esters is 1. The van der Waals surface area contributed by atoms with Gasteiger partial charge in [0.25, 0.3) is 0 Å². The molecule has 0 N–H and O–H groups in total. The Morgan fingerprint density at radius 2 is 1.76 bits per heavy atom. The van der Waals surface area contributed by atoms with E-state index in [9.17, 15) is 9.59 Å². The quantitative estimate of drug-likeness (QED) is 0.603. The lowest BCUT2D eigenvalue weighted by Gasteiger charge is -2.57. The Morgan fingerprint density at radius 3 is 2.55 bits per heavy atom. The van der Waals surface area contributed by atoms with Crippen LogP contribution in [0.3, 0.4) is 0 Å². The molecule has 1 aromatic rings. The summed E-state index contributed by atoms with van der Waals surface area (Å²) in [5.41, 5.74) is 2.37. The van der Waals surface area contributed by atoms with E-state index in [2.05, 4.69) is 13.8 Å². The lowest BCUT2D eigenvalue weighted by atomic mass is 9.47. The molecular formula is C26H32O3. The van der Waals surface area contributed by atoms with Gasteiger partial charge in [0.05, 0.1) is 5.56 Å². The molecule has 3 saturated carbocycles. The normalized spacial score (nSPS) is 41.0.